The molecule has 3 N–H and O–H groups in total. The minimum atomic E-state index is -0.968. The summed E-state index contributed by atoms with van der Waals surface area (Å²) in [5, 5.41) is 0.950. The van der Waals surface area contributed by atoms with E-state index in [-0.39, 0.29) is 22.6 Å². The molecular formula is C15H10ClF2N3O. The lowest BCUT2D eigenvalue weighted by Crippen LogP contribution is -2.15. The number of carbonyl (C=O) groups is 1. The maximum atomic E-state index is 14.3. The van der Waals surface area contributed by atoms with Gasteiger partial charge in [0.1, 0.15) is 17.3 Å². The molecule has 3 aromatic rings. The summed E-state index contributed by atoms with van der Waals surface area (Å²) < 4.78 is 28.3. The highest BCUT2D eigenvalue weighted by Gasteiger charge is 2.19. The third-order valence-corrected chi connectivity index (χ3v) is 3.78. The van der Waals surface area contributed by atoms with Crippen LogP contribution >= 0.6 is 11.6 Å². The van der Waals surface area contributed by atoms with Crippen LogP contribution in [-0.2, 0) is 6.42 Å². The first-order valence-corrected chi connectivity index (χ1v) is 6.74. The Morgan fingerprint density at radius 1 is 1.27 bits per heavy atom. The molecule has 0 aliphatic rings. The van der Waals surface area contributed by atoms with Gasteiger partial charge in [-0.05, 0) is 23.8 Å². The van der Waals surface area contributed by atoms with E-state index in [1.807, 2.05) is 0 Å². The van der Waals surface area contributed by atoms with E-state index < -0.39 is 17.5 Å². The fourth-order valence-corrected chi connectivity index (χ4v) is 2.56. The number of halogens is 3. The minimum absolute atomic E-state index is 0.117. The van der Waals surface area contributed by atoms with Crippen molar-refractivity contribution >= 4 is 28.5 Å². The number of benzene rings is 1. The Morgan fingerprint density at radius 3 is 2.77 bits per heavy atom. The van der Waals surface area contributed by atoms with E-state index in [1.54, 1.807) is 12.3 Å². The Kier molecular flexibility index (Phi) is 3.54. The van der Waals surface area contributed by atoms with Gasteiger partial charge >= 0.3 is 0 Å². The van der Waals surface area contributed by atoms with Gasteiger partial charge in [0.25, 0.3) is 5.91 Å². The second kappa shape index (κ2) is 5.38. The Morgan fingerprint density at radius 2 is 2.05 bits per heavy atom. The first-order chi connectivity index (χ1) is 10.5. The summed E-state index contributed by atoms with van der Waals surface area (Å²) in [4.78, 5) is 18.2. The van der Waals surface area contributed by atoms with Crippen molar-refractivity contribution in [2.24, 2.45) is 5.73 Å². The predicted octanol–water partition coefficient (Wildman–Crippen LogP) is 3.18. The summed E-state index contributed by atoms with van der Waals surface area (Å²) in [5.74, 6) is -2.69. The normalized spacial score (nSPS) is 11.0. The van der Waals surface area contributed by atoms with Gasteiger partial charge in [-0.1, -0.05) is 11.6 Å². The first kappa shape index (κ1) is 14.5. The molecule has 0 fully saturated rings. The molecule has 0 bridgehead atoms. The van der Waals surface area contributed by atoms with Crippen molar-refractivity contribution in [2.45, 2.75) is 6.42 Å². The van der Waals surface area contributed by atoms with Crippen LogP contribution < -0.4 is 5.73 Å². The van der Waals surface area contributed by atoms with Gasteiger partial charge in [-0.15, -0.1) is 0 Å². The standard InChI is InChI=1S/C15H10ClF2N3O/c16-11-6-21-15-7(3-4-20-15)9(11)5-10-12(17)2-1-8(13(10)18)14(19)22/h1-4,6H,5H2,(H2,19,22)(H,20,21). The summed E-state index contributed by atoms with van der Waals surface area (Å²) in [6, 6.07) is 3.76. The number of nitrogens with one attached hydrogen (secondary N) is 1. The molecular weight excluding hydrogens is 312 g/mol. The average Bonchev–Trinajstić information content (AvgIpc) is 2.93. The smallest absolute Gasteiger partial charge is 0.251 e. The second-order valence-corrected chi connectivity index (χ2v) is 5.16. The Labute approximate surface area is 128 Å². The maximum absolute atomic E-state index is 14.3. The zero-order chi connectivity index (χ0) is 15.9. The number of aromatic amines is 1. The molecule has 1 aromatic carbocycles. The molecule has 0 radical (unpaired) electrons. The SMILES string of the molecule is NC(=O)c1ccc(F)c(Cc2c(Cl)cnc3[nH]ccc23)c1F. The lowest BCUT2D eigenvalue weighted by Gasteiger charge is -2.10. The third-order valence-electron chi connectivity index (χ3n) is 3.45. The van der Waals surface area contributed by atoms with Crippen LogP contribution in [0.4, 0.5) is 8.78 Å². The fourth-order valence-electron chi connectivity index (χ4n) is 2.35. The summed E-state index contributed by atoms with van der Waals surface area (Å²) in [6.45, 7) is 0. The number of H-pyrrole nitrogens is 1. The zero-order valence-corrected chi connectivity index (χ0v) is 11.9. The van der Waals surface area contributed by atoms with Crippen LogP contribution in [0.5, 0.6) is 0 Å². The van der Waals surface area contributed by atoms with Crippen molar-refractivity contribution in [1.82, 2.24) is 9.97 Å². The zero-order valence-electron chi connectivity index (χ0n) is 11.2. The van der Waals surface area contributed by atoms with E-state index in [4.69, 9.17) is 17.3 Å². The van der Waals surface area contributed by atoms with E-state index >= 15 is 0 Å². The number of rotatable bonds is 3. The molecule has 0 spiro atoms. The number of fused-ring (bicyclic) bond motifs is 1. The van der Waals surface area contributed by atoms with Crippen LogP contribution in [0.1, 0.15) is 21.5 Å². The summed E-state index contributed by atoms with van der Waals surface area (Å²) >= 11 is 6.10. The molecule has 2 aromatic heterocycles. The number of pyridine rings is 1. The molecule has 0 aliphatic heterocycles. The van der Waals surface area contributed by atoms with Gasteiger partial charge in [-0.3, -0.25) is 4.79 Å². The number of amides is 1. The highest BCUT2D eigenvalue weighted by atomic mass is 35.5. The highest BCUT2D eigenvalue weighted by molar-refractivity contribution is 6.32. The predicted molar refractivity (Wildman–Crippen MR) is 78.8 cm³/mol. The Bertz CT molecular complexity index is 892. The van der Waals surface area contributed by atoms with Gasteiger partial charge in [0.15, 0.2) is 0 Å². The summed E-state index contributed by atoms with van der Waals surface area (Å²) in [7, 11) is 0. The van der Waals surface area contributed by atoms with Crippen LogP contribution in [0.2, 0.25) is 5.02 Å². The second-order valence-electron chi connectivity index (χ2n) is 4.75. The molecule has 0 aliphatic carbocycles. The van der Waals surface area contributed by atoms with Gasteiger partial charge in [0.05, 0.1) is 10.6 Å². The van der Waals surface area contributed by atoms with Crippen molar-refractivity contribution in [3.8, 4) is 0 Å². The van der Waals surface area contributed by atoms with Crippen molar-refractivity contribution in [1.29, 1.82) is 0 Å². The average molecular weight is 322 g/mol. The fraction of sp³-hybridized carbons (Fsp3) is 0.0667. The Hall–Kier alpha value is -2.47. The molecule has 2 heterocycles. The van der Waals surface area contributed by atoms with Crippen LogP contribution in [0.25, 0.3) is 11.0 Å². The molecule has 1 amide bonds. The quantitative estimate of drug-likeness (QED) is 0.777. The molecule has 112 valence electrons. The van der Waals surface area contributed by atoms with Crippen LogP contribution in [0, 0.1) is 11.6 Å². The lowest BCUT2D eigenvalue weighted by atomic mass is 9.99. The molecule has 0 saturated heterocycles. The molecule has 3 rings (SSSR count). The third kappa shape index (κ3) is 2.31. The molecule has 0 atom stereocenters. The van der Waals surface area contributed by atoms with Crippen LogP contribution in [0.3, 0.4) is 0 Å². The van der Waals surface area contributed by atoms with E-state index in [0.29, 0.717) is 16.6 Å². The number of hydrogen-bond acceptors (Lipinski definition) is 2. The van der Waals surface area contributed by atoms with Gasteiger partial charge in [-0.2, -0.15) is 0 Å². The number of nitrogens with zero attached hydrogens (tertiary/aromatic N) is 1. The van der Waals surface area contributed by atoms with Crippen molar-refractivity contribution in [3.05, 3.63) is 63.9 Å². The van der Waals surface area contributed by atoms with Gasteiger partial charge in [0.2, 0.25) is 0 Å². The van der Waals surface area contributed by atoms with Crippen molar-refractivity contribution in [3.63, 3.8) is 0 Å². The van der Waals surface area contributed by atoms with E-state index in [1.165, 1.54) is 6.20 Å². The number of nitrogens with two attached hydrogens (primary N) is 1. The monoisotopic (exact) mass is 321 g/mol. The highest BCUT2D eigenvalue weighted by Crippen LogP contribution is 2.28. The van der Waals surface area contributed by atoms with Crippen molar-refractivity contribution < 1.29 is 13.6 Å². The lowest BCUT2D eigenvalue weighted by molar-refractivity contribution is 0.0996. The minimum Gasteiger partial charge on any atom is -0.366 e. The number of aromatic nitrogens is 2. The largest absolute Gasteiger partial charge is 0.366 e. The Balaban J connectivity index is 2.17. The van der Waals surface area contributed by atoms with Crippen LogP contribution in [0.15, 0.2) is 30.6 Å². The summed E-state index contributed by atoms with van der Waals surface area (Å²) in [5.41, 5.74) is 5.56. The van der Waals surface area contributed by atoms with Gasteiger partial charge in [-0.25, -0.2) is 13.8 Å². The number of hydrogen-bond donors (Lipinski definition) is 2. The van der Waals surface area contributed by atoms with E-state index in [0.717, 1.165) is 12.1 Å². The van der Waals surface area contributed by atoms with E-state index in [2.05, 4.69) is 9.97 Å². The number of carbonyl (C=O) groups excluding carboxylic acids is 1. The van der Waals surface area contributed by atoms with Crippen molar-refractivity contribution in [2.75, 3.05) is 0 Å². The first-order valence-electron chi connectivity index (χ1n) is 6.36. The number of primary amides is 1. The molecule has 7 heteroatoms. The van der Waals surface area contributed by atoms with Gasteiger partial charge < -0.3 is 10.7 Å². The topological polar surface area (TPSA) is 71.8 Å². The maximum Gasteiger partial charge on any atom is 0.251 e. The molecule has 0 saturated carbocycles. The van der Waals surface area contributed by atoms with Gasteiger partial charge in [0, 0.05) is 29.8 Å². The summed E-state index contributed by atoms with van der Waals surface area (Å²) in [6.07, 6.45) is 2.95. The van der Waals surface area contributed by atoms with Crippen LogP contribution in [-0.4, -0.2) is 15.9 Å². The molecule has 0 unspecified atom stereocenters. The molecule has 4 nitrogen and oxygen atoms in total. The van der Waals surface area contributed by atoms with E-state index in [9.17, 15) is 13.6 Å². The molecule has 22 heavy (non-hydrogen) atoms.